The van der Waals surface area contributed by atoms with Crippen LogP contribution in [0.3, 0.4) is 0 Å². The second-order valence-corrected chi connectivity index (χ2v) is 8.34. The van der Waals surface area contributed by atoms with Gasteiger partial charge in [0, 0.05) is 0 Å². The fourth-order valence-corrected chi connectivity index (χ4v) is 3.81. The molecule has 1 aromatic rings. The molecule has 4 atom stereocenters. The monoisotopic (exact) mass is 376 g/mol. The molecule has 1 aromatic heterocycles. The van der Waals surface area contributed by atoms with Gasteiger partial charge < -0.3 is 9.15 Å². The molecule has 2 heterocycles. The molecular formula is C22H32O5. The molecule has 4 unspecified atom stereocenters. The number of rotatable bonds is 12. The average Bonchev–Trinajstić information content (AvgIpc) is 3.19. The Labute approximate surface area is 161 Å². The minimum atomic E-state index is -0.997. The zero-order valence-electron chi connectivity index (χ0n) is 16.7. The third kappa shape index (κ3) is 6.96. The van der Waals surface area contributed by atoms with Crippen molar-refractivity contribution in [3.63, 3.8) is 0 Å². The molecule has 0 saturated carbocycles. The third-order valence-corrected chi connectivity index (χ3v) is 5.52. The Kier molecular flexibility index (Phi) is 8.26. The zero-order chi connectivity index (χ0) is 19.8. The van der Waals surface area contributed by atoms with Gasteiger partial charge in [0.2, 0.25) is 0 Å². The lowest BCUT2D eigenvalue weighted by Crippen LogP contribution is -2.22. The van der Waals surface area contributed by atoms with Crippen molar-refractivity contribution in [2.75, 3.05) is 0 Å². The summed E-state index contributed by atoms with van der Waals surface area (Å²) in [4.78, 5) is 33.9. The topological polar surface area (TPSA) is 73.6 Å². The first-order chi connectivity index (χ1) is 12.9. The summed E-state index contributed by atoms with van der Waals surface area (Å²) in [6.07, 6.45) is 11.2. The number of hydrogen-bond donors (Lipinski definition) is 0. The molecule has 0 spiro atoms. The molecule has 1 aliphatic rings. The molecule has 0 aromatic carbocycles. The minimum Gasteiger partial charge on any atom is -0.472 e. The number of esters is 1. The number of furan rings is 1. The van der Waals surface area contributed by atoms with Gasteiger partial charge in [-0.2, -0.15) is 0 Å². The summed E-state index contributed by atoms with van der Waals surface area (Å²) in [7, 11) is 0. The number of ether oxygens (including phenoxy) is 1. The van der Waals surface area contributed by atoms with E-state index < -0.39 is 23.6 Å². The van der Waals surface area contributed by atoms with E-state index in [2.05, 4.69) is 13.8 Å². The van der Waals surface area contributed by atoms with Crippen LogP contribution < -0.4 is 0 Å². The molecule has 0 aliphatic carbocycles. The maximum atomic E-state index is 11.6. The lowest BCUT2D eigenvalue weighted by Gasteiger charge is -2.17. The largest absolute Gasteiger partial charge is 0.472 e. The first kappa shape index (κ1) is 21.4. The van der Waals surface area contributed by atoms with Crippen LogP contribution in [0.2, 0.25) is 0 Å². The predicted molar refractivity (Wildman–Crippen MR) is 102 cm³/mol. The summed E-state index contributed by atoms with van der Waals surface area (Å²) in [6.45, 7) is 6.64. The highest BCUT2D eigenvalue weighted by molar-refractivity contribution is 6.65. The molecule has 2 rings (SSSR count). The van der Waals surface area contributed by atoms with E-state index in [4.69, 9.17) is 9.15 Å². The molecule has 0 bridgehead atoms. The molecule has 27 heavy (non-hydrogen) atoms. The highest BCUT2D eigenvalue weighted by atomic mass is 16.6. The fraction of sp³-hybridized carbons (Fsp3) is 0.682. The van der Waals surface area contributed by atoms with Crippen molar-refractivity contribution in [3.05, 3.63) is 24.2 Å². The van der Waals surface area contributed by atoms with Crippen molar-refractivity contribution in [2.24, 2.45) is 17.8 Å². The molecule has 0 radical (unpaired) electrons. The van der Waals surface area contributed by atoms with Crippen LogP contribution in [0.1, 0.15) is 71.3 Å². The number of carbonyl (C=O) groups excluding carboxylic acids is 3. The molecule has 5 nitrogen and oxygen atoms in total. The van der Waals surface area contributed by atoms with Crippen molar-refractivity contribution in [1.82, 2.24) is 0 Å². The summed E-state index contributed by atoms with van der Waals surface area (Å²) < 4.78 is 9.97. The van der Waals surface area contributed by atoms with Crippen molar-refractivity contribution < 1.29 is 23.5 Å². The van der Waals surface area contributed by atoms with Crippen molar-refractivity contribution in [2.45, 2.75) is 78.2 Å². The molecule has 0 amide bonds. The van der Waals surface area contributed by atoms with E-state index in [0.29, 0.717) is 18.3 Å². The van der Waals surface area contributed by atoms with E-state index in [1.54, 1.807) is 6.26 Å². The molecular weight excluding hydrogens is 344 g/mol. The van der Waals surface area contributed by atoms with E-state index in [1.807, 2.05) is 19.3 Å². The second kappa shape index (κ2) is 10.4. The Morgan fingerprint density at radius 2 is 1.56 bits per heavy atom. The van der Waals surface area contributed by atoms with Crippen LogP contribution in [0, 0.1) is 17.8 Å². The van der Waals surface area contributed by atoms with E-state index in [1.165, 1.54) is 24.8 Å². The number of cyclic esters (lactones) is 1. The van der Waals surface area contributed by atoms with Gasteiger partial charge in [0.25, 0.3) is 5.78 Å². The average molecular weight is 376 g/mol. The van der Waals surface area contributed by atoms with Crippen LogP contribution in [0.15, 0.2) is 23.0 Å². The van der Waals surface area contributed by atoms with Gasteiger partial charge in [-0.05, 0) is 42.2 Å². The Morgan fingerprint density at radius 1 is 0.926 bits per heavy atom. The van der Waals surface area contributed by atoms with Gasteiger partial charge in [-0.25, -0.2) is 4.79 Å². The van der Waals surface area contributed by atoms with Crippen LogP contribution in [-0.2, 0) is 25.5 Å². The van der Waals surface area contributed by atoms with Gasteiger partial charge in [-0.15, -0.1) is 0 Å². The summed E-state index contributed by atoms with van der Waals surface area (Å²) in [6, 6.07) is 2.04. The highest BCUT2D eigenvalue weighted by Gasteiger charge is 2.42. The Morgan fingerprint density at radius 3 is 2.11 bits per heavy atom. The Hall–Kier alpha value is -1.91. The number of ketones is 2. The first-order valence-electron chi connectivity index (χ1n) is 10.2. The van der Waals surface area contributed by atoms with Gasteiger partial charge >= 0.3 is 11.8 Å². The Balaban J connectivity index is 1.53. The van der Waals surface area contributed by atoms with Gasteiger partial charge in [0.15, 0.2) is 6.10 Å². The first-order valence-corrected chi connectivity index (χ1v) is 10.2. The molecule has 1 saturated heterocycles. The van der Waals surface area contributed by atoms with Crippen LogP contribution in [0.25, 0.3) is 0 Å². The number of carbonyl (C=O) groups is 3. The van der Waals surface area contributed by atoms with E-state index in [9.17, 15) is 14.4 Å². The third-order valence-electron chi connectivity index (χ3n) is 5.52. The number of Topliss-reactive ketones (excluding diaryl/α,β-unsaturated/α-hetero) is 2. The maximum Gasteiger partial charge on any atom is 0.383 e. The number of hydrogen-bond acceptors (Lipinski definition) is 5. The molecule has 5 heteroatoms. The van der Waals surface area contributed by atoms with Crippen LogP contribution in [0.4, 0.5) is 0 Å². The minimum absolute atomic E-state index is 0.264. The summed E-state index contributed by atoms with van der Waals surface area (Å²) in [5.74, 6) is -1.05. The Bertz CT molecular complexity index is 619. The standard InChI is InChI=1S/C22H32O5/c1-15(6-4-8-16(2)12-18-10-11-26-14-18)7-5-9-17(3)13-19-20(23)21(24)22(25)27-19/h10-11,14-17,19H,4-9,12-13H2,1-3H3. The van der Waals surface area contributed by atoms with Crippen LogP contribution in [0.5, 0.6) is 0 Å². The molecule has 1 aliphatic heterocycles. The zero-order valence-corrected chi connectivity index (χ0v) is 16.7. The molecule has 0 N–H and O–H groups in total. The van der Waals surface area contributed by atoms with Gasteiger partial charge in [0.1, 0.15) is 0 Å². The molecule has 150 valence electrons. The van der Waals surface area contributed by atoms with Crippen LogP contribution >= 0.6 is 0 Å². The van der Waals surface area contributed by atoms with Gasteiger partial charge in [-0.3, -0.25) is 9.59 Å². The molecule has 1 fully saturated rings. The SMILES string of the molecule is CC(CCCC(C)Cc1ccoc1)CCCC(C)CC1OC(=O)C(=O)C1=O. The van der Waals surface area contributed by atoms with E-state index >= 15 is 0 Å². The van der Waals surface area contributed by atoms with Gasteiger partial charge in [0.05, 0.1) is 12.5 Å². The lowest BCUT2D eigenvalue weighted by molar-refractivity contribution is -0.149. The van der Waals surface area contributed by atoms with Crippen LogP contribution in [-0.4, -0.2) is 23.6 Å². The fourth-order valence-electron chi connectivity index (χ4n) is 3.81. The second-order valence-electron chi connectivity index (χ2n) is 8.34. The highest BCUT2D eigenvalue weighted by Crippen LogP contribution is 2.24. The summed E-state index contributed by atoms with van der Waals surface area (Å²) in [5, 5.41) is 0. The summed E-state index contributed by atoms with van der Waals surface area (Å²) >= 11 is 0. The van der Waals surface area contributed by atoms with Crippen molar-refractivity contribution in [1.29, 1.82) is 0 Å². The quantitative estimate of drug-likeness (QED) is 0.396. The summed E-state index contributed by atoms with van der Waals surface area (Å²) in [5.41, 5.74) is 1.28. The van der Waals surface area contributed by atoms with Crippen molar-refractivity contribution >= 4 is 17.5 Å². The maximum absolute atomic E-state index is 11.6. The van der Waals surface area contributed by atoms with E-state index in [-0.39, 0.29) is 5.92 Å². The van der Waals surface area contributed by atoms with Gasteiger partial charge in [-0.1, -0.05) is 59.3 Å². The smallest absolute Gasteiger partial charge is 0.383 e. The normalized spacial score (nSPS) is 20.6. The predicted octanol–water partition coefficient (Wildman–Crippen LogP) is 4.52. The van der Waals surface area contributed by atoms with Crippen molar-refractivity contribution in [3.8, 4) is 0 Å². The lowest BCUT2D eigenvalue weighted by atomic mass is 9.90. The van der Waals surface area contributed by atoms with E-state index in [0.717, 1.165) is 25.7 Å².